The van der Waals surface area contributed by atoms with Crippen LogP contribution in [0.1, 0.15) is 0 Å². The molecule has 0 aliphatic rings. The summed E-state index contributed by atoms with van der Waals surface area (Å²) in [7, 11) is 0. The van der Waals surface area contributed by atoms with Crippen LogP contribution in [0.5, 0.6) is 0 Å². The summed E-state index contributed by atoms with van der Waals surface area (Å²) < 4.78 is 0. The van der Waals surface area contributed by atoms with E-state index in [1.807, 2.05) is 0 Å². The number of hydrogen-bond acceptors (Lipinski definition) is 2. The van der Waals surface area contributed by atoms with Crippen molar-refractivity contribution in [2.75, 3.05) is 0 Å². The fraction of sp³-hybridized carbons (Fsp3) is 0. The molecular weight excluding hydrogens is 634 g/mol. The van der Waals surface area contributed by atoms with E-state index in [1.165, 1.54) is 0 Å². The maximum absolute atomic E-state index is 0. The van der Waals surface area contributed by atoms with Crippen molar-refractivity contribution in [3.63, 3.8) is 0 Å². The Morgan fingerprint density at radius 2 is 0.250 bits per heavy atom. The van der Waals surface area contributed by atoms with Crippen molar-refractivity contribution in [1.82, 2.24) is 0 Å². The second-order valence-electron chi connectivity index (χ2n) is 0. The summed E-state index contributed by atoms with van der Waals surface area (Å²) in [6, 6.07) is 0. The van der Waals surface area contributed by atoms with E-state index in [2.05, 4.69) is 0 Å². The van der Waals surface area contributed by atoms with Crippen molar-refractivity contribution in [3.8, 4) is 0 Å². The Morgan fingerprint density at radius 3 is 0.250 bits per heavy atom. The first-order chi connectivity index (χ1) is 0. The quantitative estimate of drug-likeness (QED) is 0.227. The molecule has 0 aliphatic carbocycles. The van der Waals surface area contributed by atoms with Gasteiger partial charge in [-0.15, -0.1) is 0 Å². The van der Waals surface area contributed by atoms with Gasteiger partial charge in [0.1, 0.15) is 0 Å². The van der Waals surface area contributed by atoms with Gasteiger partial charge in [-0.25, -0.2) is 0 Å². The van der Waals surface area contributed by atoms with E-state index in [-0.39, 0.29) is 196 Å². The first-order valence-corrected chi connectivity index (χ1v) is 0. The van der Waals surface area contributed by atoms with Crippen molar-refractivity contribution >= 4 is 0 Å². The molecule has 0 saturated carbocycles. The zero-order valence-corrected chi connectivity index (χ0v) is 20.3. The number of rotatable bonds is 0. The van der Waals surface area contributed by atoms with Crippen molar-refractivity contribution in [1.29, 1.82) is 0 Å². The molecule has 144 valence electrons. The maximum Gasteiger partial charge on any atom is 3.00 e. The second-order valence-corrected chi connectivity index (χ2v) is 0. The molecule has 20 heteroatoms. The summed E-state index contributed by atoms with van der Waals surface area (Å²) in [6.45, 7) is 0. The summed E-state index contributed by atoms with van der Waals surface area (Å²) in [5.74, 6) is 0. The average Bonchev–Trinajstić information content (AvgIpc) is 0. The maximum atomic E-state index is 0. The van der Waals surface area contributed by atoms with Gasteiger partial charge in [0.2, 0.25) is 0 Å². The average molecular weight is 670 g/mol. The fourth-order valence-corrected chi connectivity index (χ4v) is 0. The molecule has 36 N–H and O–H groups in total. The molecule has 14 nitrogen and oxygen atoms in total. The van der Waals surface area contributed by atoms with Crippen molar-refractivity contribution < 1.29 is 196 Å². The van der Waals surface area contributed by atoms with Gasteiger partial charge in [0, 0.05) is 0 Å². The monoisotopic (exact) mass is 666 g/mol. The zero-order valence-electron chi connectivity index (χ0n) is 10.3. The predicted molar refractivity (Wildman–Crippen MR) is 59.8 cm³/mol. The minimum atomic E-state index is 0. The fourth-order valence-electron chi connectivity index (χ4n) is 0. The first-order valence-electron chi connectivity index (χ1n) is 0. The van der Waals surface area contributed by atoms with Gasteiger partial charge in [0.25, 0.3) is 0 Å². The zero-order chi connectivity index (χ0) is 0. The second kappa shape index (κ2) is 1020. The molecule has 0 fully saturated rings. The third-order valence-corrected chi connectivity index (χ3v) is 0. The van der Waals surface area contributed by atoms with Crippen LogP contribution < -0.4 is 67.9 Å². The third kappa shape index (κ3) is 887. The smallest absolute Gasteiger partial charge is 1.00 e. The molecule has 0 aromatic carbocycles. The minimum Gasteiger partial charge on any atom is -1.00 e. The van der Waals surface area contributed by atoms with E-state index in [1.54, 1.807) is 0 Å². The Labute approximate surface area is 194 Å². The molecule has 0 bridgehead atoms. The van der Waals surface area contributed by atoms with Gasteiger partial charge in [-0.05, 0) is 0 Å². The summed E-state index contributed by atoms with van der Waals surface area (Å²) in [4.78, 5) is 0. The van der Waals surface area contributed by atoms with Gasteiger partial charge in [0.15, 0.2) is 0 Å². The molecule has 0 aromatic heterocycles. The van der Waals surface area contributed by atoms with E-state index < -0.39 is 0 Å². The van der Waals surface area contributed by atoms with E-state index in [4.69, 9.17) is 0 Å². The Balaban J connectivity index is 0. The SMILES string of the molecule is O.O.[Br-].[Br-].[Br-].[Br-].[OH-].[OH-].[OH3+].[OH3+].[OH3+].[OH3+].[OH3+].[OH3+].[OH3+].[OH3+].[OH3+].[OH3+].[Sc+3].[Sc+3]. The van der Waals surface area contributed by atoms with Crippen molar-refractivity contribution in [2.24, 2.45) is 0 Å². The molecule has 20 heavy (non-hydrogen) atoms. The molecular formula is H36Br4O14Sc2+10. The van der Waals surface area contributed by atoms with Crippen LogP contribution in [-0.2, 0) is 106 Å². The van der Waals surface area contributed by atoms with Crippen LogP contribution >= 0.6 is 0 Å². The molecule has 0 heterocycles. The molecule has 0 aromatic rings. The van der Waals surface area contributed by atoms with Gasteiger partial charge < -0.3 is 145 Å². The number of halogens is 4. The van der Waals surface area contributed by atoms with E-state index in [9.17, 15) is 0 Å². The Morgan fingerprint density at radius 1 is 0.250 bits per heavy atom. The van der Waals surface area contributed by atoms with Crippen LogP contribution in [0.3, 0.4) is 0 Å². The van der Waals surface area contributed by atoms with Crippen LogP contribution in [0.4, 0.5) is 0 Å². The summed E-state index contributed by atoms with van der Waals surface area (Å²) in [5.41, 5.74) is 0. The van der Waals surface area contributed by atoms with Crippen LogP contribution in [0.25, 0.3) is 0 Å². The normalized spacial score (nSPS) is 0. The Kier molecular flexibility index (Phi) is 60100. The molecule has 0 aliphatic heterocycles. The van der Waals surface area contributed by atoms with Gasteiger partial charge in [-0.1, -0.05) is 0 Å². The third-order valence-electron chi connectivity index (χ3n) is 0. The predicted octanol–water partition coefficient (Wildman–Crippen LogP) is -23.2. The van der Waals surface area contributed by atoms with E-state index in [0.29, 0.717) is 0 Å². The largest absolute Gasteiger partial charge is 3.00 e. The van der Waals surface area contributed by atoms with Gasteiger partial charge in [-0.3, -0.25) is 0 Å². The van der Waals surface area contributed by atoms with Crippen molar-refractivity contribution in [3.05, 3.63) is 0 Å². The summed E-state index contributed by atoms with van der Waals surface area (Å²) in [6.07, 6.45) is 0. The van der Waals surface area contributed by atoms with Crippen LogP contribution in [-0.4, -0.2) is 21.9 Å². The molecule has 0 unspecified atom stereocenters. The molecule has 0 amide bonds. The standard InChI is InChI=1S/4BrH.14H2O.2Sc/h4*1H;14*1H2;;/q;;;;;;;;;;;;;;;;;;2*+3/p+4. The Hall–Kier alpha value is 3.10. The molecule has 0 radical (unpaired) electrons. The minimum absolute atomic E-state index is 0. The molecule has 0 spiro atoms. The van der Waals surface area contributed by atoms with Gasteiger partial charge >= 0.3 is 51.7 Å². The van der Waals surface area contributed by atoms with Gasteiger partial charge in [-0.2, -0.15) is 0 Å². The summed E-state index contributed by atoms with van der Waals surface area (Å²) in [5, 5.41) is 0. The van der Waals surface area contributed by atoms with Crippen molar-refractivity contribution in [2.45, 2.75) is 0 Å². The topological polar surface area (TPSA) is 453 Å². The van der Waals surface area contributed by atoms with Crippen LogP contribution in [0.2, 0.25) is 0 Å². The van der Waals surface area contributed by atoms with Gasteiger partial charge in [0.05, 0.1) is 0 Å². The van der Waals surface area contributed by atoms with E-state index in [0.717, 1.165) is 0 Å². The first kappa shape index (κ1) is 1170. The molecule has 0 atom stereocenters. The van der Waals surface area contributed by atoms with E-state index >= 15 is 0 Å². The van der Waals surface area contributed by atoms with Crippen LogP contribution in [0, 0.1) is 0 Å². The molecule has 0 rings (SSSR count). The Bertz CT molecular complexity index is 23.1. The number of hydrogen-bond donors (Lipinski definition) is 0. The molecule has 0 saturated heterocycles. The van der Waals surface area contributed by atoms with Crippen LogP contribution in [0.15, 0.2) is 0 Å². The summed E-state index contributed by atoms with van der Waals surface area (Å²) >= 11 is 0.